The molecule has 3 aromatic rings. The van der Waals surface area contributed by atoms with Crippen LogP contribution in [0.3, 0.4) is 0 Å². The second-order valence-corrected chi connectivity index (χ2v) is 9.03. The van der Waals surface area contributed by atoms with Crippen LogP contribution in [-0.4, -0.2) is 12.4 Å². The molecule has 0 N–H and O–H groups in total. The van der Waals surface area contributed by atoms with Gasteiger partial charge in [-0.25, -0.2) is 0 Å². The van der Waals surface area contributed by atoms with Gasteiger partial charge in [0.15, 0.2) is 5.78 Å². The lowest BCUT2D eigenvalue weighted by molar-refractivity contribution is 0.0963. The van der Waals surface area contributed by atoms with Crippen LogP contribution < -0.4 is 9.47 Å². The van der Waals surface area contributed by atoms with Gasteiger partial charge < -0.3 is 9.47 Å². The number of ether oxygens (including phenoxy) is 2. The van der Waals surface area contributed by atoms with Crippen molar-refractivity contribution in [2.45, 2.75) is 72.3 Å². The average molecular weight is 447 g/mol. The Labute approximate surface area is 199 Å². The summed E-state index contributed by atoms with van der Waals surface area (Å²) in [7, 11) is 0. The molecule has 3 aromatic carbocycles. The Morgan fingerprint density at radius 1 is 0.879 bits per heavy atom. The van der Waals surface area contributed by atoms with E-state index in [0.717, 1.165) is 52.8 Å². The van der Waals surface area contributed by atoms with Crippen LogP contribution in [0.25, 0.3) is 10.8 Å². The highest BCUT2D eigenvalue weighted by atomic mass is 16.5. The summed E-state index contributed by atoms with van der Waals surface area (Å²) in [6.45, 7) is 7.70. The van der Waals surface area contributed by atoms with Gasteiger partial charge in [-0.2, -0.15) is 0 Å². The molecule has 3 heteroatoms. The van der Waals surface area contributed by atoms with Gasteiger partial charge in [0.05, 0.1) is 6.61 Å². The maximum atomic E-state index is 12.4. The van der Waals surface area contributed by atoms with Gasteiger partial charge in [-0.05, 0) is 47.6 Å². The van der Waals surface area contributed by atoms with E-state index in [9.17, 15) is 4.79 Å². The van der Waals surface area contributed by atoms with Crippen molar-refractivity contribution in [1.82, 2.24) is 0 Å². The van der Waals surface area contributed by atoms with Gasteiger partial charge in [0.2, 0.25) is 0 Å². The van der Waals surface area contributed by atoms with E-state index in [-0.39, 0.29) is 5.78 Å². The van der Waals surface area contributed by atoms with Crippen LogP contribution in [0, 0.1) is 5.92 Å². The lowest BCUT2D eigenvalue weighted by Crippen LogP contribution is -2.05. The number of hydrogen-bond donors (Lipinski definition) is 0. The van der Waals surface area contributed by atoms with Crippen LogP contribution in [0.2, 0.25) is 0 Å². The first kappa shape index (κ1) is 24.8. The summed E-state index contributed by atoms with van der Waals surface area (Å²) in [4.78, 5) is 12.4. The van der Waals surface area contributed by atoms with Crippen LogP contribution in [-0.2, 0) is 6.61 Å². The van der Waals surface area contributed by atoms with Gasteiger partial charge in [-0.1, -0.05) is 89.3 Å². The zero-order chi connectivity index (χ0) is 23.5. The number of ketones is 1. The minimum atomic E-state index is 0.213. The molecule has 3 nitrogen and oxygen atoms in total. The number of carbonyl (C=O) groups excluding carboxylic acids is 1. The number of rotatable bonds is 14. The van der Waals surface area contributed by atoms with Crippen LogP contribution in [0.1, 0.15) is 81.6 Å². The third kappa shape index (κ3) is 7.63. The third-order valence-corrected chi connectivity index (χ3v) is 6.23. The SMILES string of the molecule is CCCCCCCOc1ccc2c(OCc3ccc(C(=O)C[C@H](C)CC)cc3)cccc2c1. The number of carbonyl (C=O) groups is 1. The van der Waals surface area contributed by atoms with Crippen molar-refractivity contribution in [1.29, 1.82) is 0 Å². The second-order valence-electron chi connectivity index (χ2n) is 9.03. The number of fused-ring (bicyclic) bond motifs is 1. The van der Waals surface area contributed by atoms with Crippen LogP contribution in [0.5, 0.6) is 11.5 Å². The van der Waals surface area contributed by atoms with Gasteiger partial charge in [0, 0.05) is 17.4 Å². The molecule has 0 aromatic heterocycles. The van der Waals surface area contributed by atoms with Crippen molar-refractivity contribution in [3.63, 3.8) is 0 Å². The molecule has 1 atom stereocenters. The van der Waals surface area contributed by atoms with E-state index in [0.29, 0.717) is 18.9 Å². The van der Waals surface area contributed by atoms with Crippen LogP contribution in [0.15, 0.2) is 60.7 Å². The number of unbranched alkanes of at least 4 members (excludes halogenated alkanes) is 4. The lowest BCUT2D eigenvalue weighted by atomic mass is 9.97. The highest BCUT2D eigenvalue weighted by Crippen LogP contribution is 2.29. The Hall–Kier alpha value is -2.81. The molecule has 0 saturated heterocycles. The lowest BCUT2D eigenvalue weighted by Gasteiger charge is -2.12. The van der Waals surface area contributed by atoms with E-state index in [1.807, 2.05) is 42.5 Å². The molecule has 3 rings (SSSR count). The van der Waals surface area contributed by atoms with Crippen molar-refractivity contribution in [2.75, 3.05) is 6.61 Å². The molecule has 0 spiro atoms. The van der Waals surface area contributed by atoms with Crippen molar-refractivity contribution >= 4 is 16.6 Å². The molecule has 0 bridgehead atoms. The summed E-state index contributed by atoms with van der Waals surface area (Å²) in [5.74, 6) is 2.40. The maximum absolute atomic E-state index is 12.4. The molecule has 0 radical (unpaired) electrons. The number of benzene rings is 3. The van der Waals surface area contributed by atoms with E-state index in [1.165, 1.54) is 25.7 Å². The third-order valence-electron chi connectivity index (χ3n) is 6.23. The van der Waals surface area contributed by atoms with E-state index >= 15 is 0 Å². The first-order chi connectivity index (χ1) is 16.1. The summed E-state index contributed by atoms with van der Waals surface area (Å²) in [5, 5.41) is 2.19. The molecule has 0 aliphatic carbocycles. The summed E-state index contributed by atoms with van der Waals surface area (Å²) >= 11 is 0. The van der Waals surface area contributed by atoms with Gasteiger partial charge in [-0.3, -0.25) is 4.79 Å². The monoisotopic (exact) mass is 446 g/mol. The molecule has 0 saturated carbocycles. The van der Waals surface area contributed by atoms with Gasteiger partial charge >= 0.3 is 0 Å². The van der Waals surface area contributed by atoms with Crippen LogP contribution >= 0.6 is 0 Å². The molecular weight excluding hydrogens is 408 g/mol. The Balaban J connectivity index is 1.56. The van der Waals surface area contributed by atoms with E-state index in [4.69, 9.17) is 9.47 Å². The zero-order valence-corrected chi connectivity index (χ0v) is 20.4. The van der Waals surface area contributed by atoms with Crippen molar-refractivity contribution in [3.05, 3.63) is 71.8 Å². The Morgan fingerprint density at radius 2 is 1.67 bits per heavy atom. The highest BCUT2D eigenvalue weighted by molar-refractivity contribution is 5.96. The van der Waals surface area contributed by atoms with Crippen molar-refractivity contribution in [2.24, 2.45) is 5.92 Å². The fourth-order valence-electron chi connectivity index (χ4n) is 3.87. The Morgan fingerprint density at radius 3 is 2.42 bits per heavy atom. The fourth-order valence-corrected chi connectivity index (χ4v) is 3.87. The van der Waals surface area contributed by atoms with Gasteiger partial charge in [0.25, 0.3) is 0 Å². The predicted octanol–water partition coefficient (Wildman–Crippen LogP) is 8.39. The van der Waals surface area contributed by atoms with Gasteiger partial charge in [-0.15, -0.1) is 0 Å². The van der Waals surface area contributed by atoms with E-state index < -0.39 is 0 Å². The van der Waals surface area contributed by atoms with Crippen molar-refractivity contribution in [3.8, 4) is 11.5 Å². The Bertz CT molecular complexity index is 1010. The Kier molecular flexibility index (Phi) is 9.80. The standard InChI is InChI=1S/C30H38O3/c1-4-6-7-8-9-19-32-27-17-18-28-26(21-27)11-10-12-30(28)33-22-24-13-15-25(16-14-24)29(31)20-23(3)5-2/h10-18,21,23H,4-9,19-20,22H2,1-3H3/t23-/m1/s1. The smallest absolute Gasteiger partial charge is 0.163 e. The van der Waals surface area contributed by atoms with E-state index in [1.54, 1.807) is 0 Å². The molecule has 0 heterocycles. The minimum Gasteiger partial charge on any atom is -0.494 e. The predicted molar refractivity (Wildman–Crippen MR) is 137 cm³/mol. The maximum Gasteiger partial charge on any atom is 0.163 e. The van der Waals surface area contributed by atoms with E-state index in [2.05, 4.69) is 39.0 Å². The molecule has 0 unspecified atom stereocenters. The molecule has 0 aliphatic rings. The molecule has 0 aliphatic heterocycles. The highest BCUT2D eigenvalue weighted by Gasteiger charge is 2.10. The minimum absolute atomic E-state index is 0.213. The molecule has 33 heavy (non-hydrogen) atoms. The molecule has 176 valence electrons. The number of hydrogen-bond acceptors (Lipinski definition) is 3. The summed E-state index contributed by atoms with van der Waals surface area (Å²) in [6, 6.07) is 20.1. The molecule has 0 fully saturated rings. The topological polar surface area (TPSA) is 35.5 Å². The molecular formula is C30H38O3. The first-order valence-electron chi connectivity index (χ1n) is 12.5. The quantitative estimate of drug-likeness (QED) is 0.184. The second kappa shape index (κ2) is 13.0. The fraction of sp³-hybridized carbons (Fsp3) is 0.433. The largest absolute Gasteiger partial charge is 0.494 e. The average Bonchev–Trinajstić information content (AvgIpc) is 2.84. The molecule has 0 amide bonds. The van der Waals surface area contributed by atoms with Crippen LogP contribution in [0.4, 0.5) is 0 Å². The summed E-state index contributed by atoms with van der Waals surface area (Å²) in [6.07, 6.45) is 7.81. The summed E-state index contributed by atoms with van der Waals surface area (Å²) < 4.78 is 12.1. The van der Waals surface area contributed by atoms with Gasteiger partial charge in [0.1, 0.15) is 18.1 Å². The van der Waals surface area contributed by atoms with Crippen molar-refractivity contribution < 1.29 is 14.3 Å². The summed E-state index contributed by atoms with van der Waals surface area (Å²) in [5.41, 5.74) is 1.83. The normalized spacial score (nSPS) is 12.0. The zero-order valence-electron chi connectivity index (χ0n) is 20.4. The first-order valence-corrected chi connectivity index (χ1v) is 12.5. The number of Topliss-reactive ketones (excluding diaryl/α,β-unsaturated/α-hetero) is 1.